The van der Waals surface area contributed by atoms with Crippen molar-refractivity contribution in [2.75, 3.05) is 20.8 Å². The molecule has 0 saturated carbocycles. The minimum absolute atomic E-state index is 0.0918. The van der Waals surface area contributed by atoms with Crippen LogP contribution in [0.15, 0.2) is 18.2 Å². The number of carbonyl (C=O) groups excluding carboxylic acids is 1. The first-order chi connectivity index (χ1) is 8.12. The highest BCUT2D eigenvalue weighted by molar-refractivity contribution is 6.32. The van der Waals surface area contributed by atoms with Crippen LogP contribution in [0.1, 0.15) is 17.9 Å². The van der Waals surface area contributed by atoms with Gasteiger partial charge in [0.15, 0.2) is 0 Å². The molecule has 1 rings (SSSR count). The van der Waals surface area contributed by atoms with Crippen molar-refractivity contribution in [3.63, 3.8) is 0 Å². The van der Waals surface area contributed by atoms with E-state index >= 15 is 0 Å². The van der Waals surface area contributed by atoms with Crippen LogP contribution in [0, 0.1) is 0 Å². The van der Waals surface area contributed by atoms with Crippen molar-refractivity contribution >= 4 is 17.6 Å². The maximum Gasteiger partial charge on any atom is 0.306 e. The lowest BCUT2D eigenvalue weighted by molar-refractivity contribution is -0.141. The average molecular weight is 258 g/mol. The number of carbonyl (C=O) groups is 1. The van der Waals surface area contributed by atoms with Crippen LogP contribution in [0.2, 0.25) is 5.02 Å². The Labute approximate surface area is 106 Å². The molecule has 0 amide bonds. The molecule has 0 bridgehead atoms. The summed E-state index contributed by atoms with van der Waals surface area (Å²) < 4.78 is 9.69. The summed E-state index contributed by atoms with van der Waals surface area (Å²) in [5, 5.41) is 0.508. The molecule has 1 aromatic carbocycles. The minimum atomic E-state index is -0.285. The van der Waals surface area contributed by atoms with Crippen molar-refractivity contribution in [3.05, 3.63) is 28.8 Å². The van der Waals surface area contributed by atoms with Gasteiger partial charge in [-0.15, -0.1) is 0 Å². The van der Waals surface area contributed by atoms with Crippen LogP contribution < -0.4 is 10.5 Å². The van der Waals surface area contributed by atoms with Gasteiger partial charge in [0.05, 0.1) is 25.7 Å². The number of nitrogens with two attached hydrogens (primary N) is 1. The molecule has 4 nitrogen and oxygen atoms in total. The Balaban J connectivity index is 2.88. The topological polar surface area (TPSA) is 61.5 Å². The first kappa shape index (κ1) is 13.8. The number of hydrogen-bond donors (Lipinski definition) is 1. The van der Waals surface area contributed by atoms with Gasteiger partial charge in [0.25, 0.3) is 0 Å². The number of halogens is 1. The largest absolute Gasteiger partial charge is 0.495 e. The summed E-state index contributed by atoms with van der Waals surface area (Å²) in [7, 11) is 2.91. The van der Waals surface area contributed by atoms with Crippen LogP contribution in [-0.2, 0) is 9.53 Å². The van der Waals surface area contributed by atoms with E-state index in [4.69, 9.17) is 22.1 Å². The molecule has 17 heavy (non-hydrogen) atoms. The SMILES string of the molecule is COC(=O)CC(CN)c1ccc(OC)c(Cl)c1. The molecule has 2 N–H and O–H groups in total. The minimum Gasteiger partial charge on any atom is -0.495 e. The first-order valence-electron chi connectivity index (χ1n) is 5.22. The van der Waals surface area contributed by atoms with Crippen molar-refractivity contribution in [1.82, 2.24) is 0 Å². The normalized spacial score (nSPS) is 12.0. The first-order valence-corrected chi connectivity index (χ1v) is 5.60. The van der Waals surface area contributed by atoms with E-state index in [1.54, 1.807) is 19.2 Å². The second-order valence-electron chi connectivity index (χ2n) is 3.61. The lowest BCUT2D eigenvalue weighted by Gasteiger charge is -2.15. The monoisotopic (exact) mass is 257 g/mol. The molecule has 5 heteroatoms. The summed E-state index contributed by atoms with van der Waals surface area (Å²) in [5.74, 6) is 0.225. The van der Waals surface area contributed by atoms with Crippen LogP contribution in [0.3, 0.4) is 0 Å². The Morgan fingerprint density at radius 1 is 1.47 bits per heavy atom. The fraction of sp³-hybridized carbons (Fsp3) is 0.417. The van der Waals surface area contributed by atoms with Gasteiger partial charge in [-0.2, -0.15) is 0 Å². The van der Waals surface area contributed by atoms with Gasteiger partial charge in [0.1, 0.15) is 5.75 Å². The van der Waals surface area contributed by atoms with Gasteiger partial charge in [0, 0.05) is 5.92 Å². The second-order valence-corrected chi connectivity index (χ2v) is 4.01. The smallest absolute Gasteiger partial charge is 0.306 e. The quantitative estimate of drug-likeness (QED) is 0.819. The third-order valence-corrected chi connectivity index (χ3v) is 2.87. The third kappa shape index (κ3) is 3.61. The zero-order valence-corrected chi connectivity index (χ0v) is 10.7. The molecular weight excluding hydrogens is 242 g/mol. The summed E-state index contributed by atoms with van der Waals surface area (Å²) in [5.41, 5.74) is 6.55. The molecule has 0 radical (unpaired) electrons. The predicted molar refractivity (Wildman–Crippen MR) is 66.4 cm³/mol. The predicted octanol–water partition coefficient (Wildman–Crippen LogP) is 1.95. The molecule has 0 aliphatic heterocycles. The van der Waals surface area contributed by atoms with Gasteiger partial charge in [-0.05, 0) is 24.2 Å². The highest BCUT2D eigenvalue weighted by Crippen LogP contribution is 2.29. The van der Waals surface area contributed by atoms with Crippen molar-refractivity contribution in [1.29, 1.82) is 0 Å². The van der Waals surface area contributed by atoms with Gasteiger partial charge in [0.2, 0.25) is 0 Å². The third-order valence-electron chi connectivity index (χ3n) is 2.57. The number of rotatable bonds is 5. The summed E-state index contributed by atoms with van der Waals surface area (Å²) in [6, 6.07) is 5.38. The highest BCUT2D eigenvalue weighted by Gasteiger charge is 2.16. The zero-order chi connectivity index (χ0) is 12.8. The lowest BCUT2D eigenvalue weighted by atomic mass is 9.96. The Kier molecular flexibility index (Phi) is 5.25. The molecule has 94 valence electrons. The number of benzene rings is 1. The summed E-state index contributed by atoms with van der Waals surface area (Å²) in [6.07, 6.45) is 0.246. The van der Waals surface area contributed by atoms with Crippen LogP contribution >= 0.6 is 11.6 Å². The molecule has 0 fully saturated rings. The van der Waals surface area contributed by atoms with Crippen molar-refractivity contribution in [2.24, 2.45) is 5.73 Å². The van der Waals surface area contributed by atoms with E-state index in [2.05, 4.69) is 4.74 Å². The Bertz CT molecular complexity index is 395. The Morgan fingerprint density at radius 3 is 2.65 bits per heavy atom. The van der Waals surface area contributed by atoms with E-state index < -0.39 is 0 Å². The van der Waals surface area contributed by atoms with Crippen molar-refractivity contribution in [3.8, 4) is 5.75 Å². The van der Waals surface area contributed by atoms with Crippen LogP contribution in [-0.4, -0.2) is 26.7 Å². The lowest BCUT2D eigenvalue weighted by Crippen LogP contribution is -2.17. The van der Waals surface area contributed by atoms with Gasteiger partial charge >= 0.3 is 5.97 Å². The molecular formula is C12H16ClNO3. The standard InChI is InChI=1S/C12H16ClNO3/c1-16-11-4-3-8(5-10(11)13)9(7-14)6-12(15)17-2/h3-5,9H,6-7,14H2,1-2H3. The number of hydrogen-bond acceptors (Lipinski definition) is 4. The average Bonchev–Trinajstić information content (AvgIpc) is 2.35. The summed E-state index contributed by atoms with van der Waals surface area (Å²) >= 11 is 6.02. The van der Waals surface area contributed by atoms with Crippen LogP contribution in [0.5, 0.6) is 5.75 Å². The zero-order valence-electron chi connectivity index (χ0n) is 9.90. The highest BCUT2D eigenvalue weighted by atomic mass is 35.5. The Morgan fingerprint density at radius 2 is 2.18 bits per heavy atom. The molecule has 0 spiro atoms. The van der Waals surface area contributed by atoms with E-state index in [1.807, 2.05) is 6.07 Å². The van der Waals surface area contributed by atoms with Crippen LogP contribution in [0.25, 0.3) is 0 Å². The number of methoxy groups -OCH3 is 2. The fourth-order valence-electron chi connectivity index (χ4n) is 1.56. The fourth-order valence-corrected chi connectivity index (χ4v) is 1.82. The molecule has 1 unspecified atom stereocenters. The Hall–Kier alpha value is -1.26. The molecule has 0 saturated heterocycles. The number of esters is 1. The molecule has 0 aliphatic carbocycles. The van der Waals surface area contributed by atoms with Gasteiger partial charge in [-0.3, -0.25) is 4.79 Å². The van der Waals surface area contributed by atoms with E-state index in [1.165, 1.54) is 7.11 Å². The molecule has 1 aromatic rings. The van der Waals surface area contributed by atoms with E-state index in [0.717, 1.165) is 5.56 Å². The maximum absolute atomic E-state index is 11.2. The maximum atomic E-state index is 11.2. The van der Waals surface area contributed by atoms with E-state index in [0.29, 0.717) is 17.3 Å². The van der Waals surface area contributed by atoms with Gasteiger partial charge in [-0.25, -0.2) is 0 Å². The van der Waals surface area contributed by atoms with Gasteiger partial charge in [-0.1, -0.05) is 17.7 Å². The van der Waals surface area contributed by atoms with Gasteiger partial charge < -0.3 is 15.2 Å². The molecule has 0 heterocycles. The molecule has 1 atom stereocenters. The van der Waals surface area contributed by atoms with Crippen LogP contribution in [0.4, 0.5) is 0 Å². The summed E-state index contributed by atoms with van der Waals surface area (Å²) in [6.45, 7) is 0.359. The molecule has 0 aromatic heterocycles. The summed E-state index contributed by atoms with van der Waals surface area (Å²) in [4.78, 5) is 11.2. The molecule has 0 aliphatic rings. The van der Waals surface area contributed by atoms with Crippen molar-refractivity contribution in [2.45, 2.75) is 12.3 Å². The number of ether oxygens (including phenoxy) is 2. The van der Waals surface area contributed by atoms with E-state index in [9.17, 15) is 4.79 Å². The second kappa shape index (κ2) is 6.47. The van der Waals surface area contributed by atoms with Crippen molar-refractivity contribution < 1.29 is 14.3 Å². The van der Waals surface area contributed by atoms with E-state index in [-0.39, 0.29) is 18.3 Å².